The smallest absolute Gasteiger partial charge is 0.362 e. The summed E-state index contributed by atoms with van der Waals surface area (Å²) in [6, 6.07) is 0. The number of nitrogens with zero attached hydrogens (tertiary/aromatic N) is 2. The van der Waals surface area contributed by atoms with Gasteiger partial charge in [0.15, 0.2) is 5.13 Å². The summed E-state index contributed by atoms with van der Waals surface area (Å²) in [5, 5.41) is 5.68. The highest BCUT2D eigenvalue weighted by molar-refractivity contribution is 7.98. The number of aromatic nitrogens is 1. The second kappa shape index (κ2) is 10.4. The number of oxime groups is 1. The number of esters is 2. The van der Waals surface area contributed by atoms with Crippen LogP contribution in [-0.4, -0.2) is 53.0 Å². The normalized spacial score (nSPS) is 13.2. The summed E-state index contributed by atoms with van der Waals surface area (Å²) in [6.45, 7) is 7.25. The number of carbonyl (C=O) groups excluding carboxylic acids is 2. The van der Waals surface area contributed by atoms with Gasteiger partial charge in [-0.25, -0.2) is 14.6 Å². The van der Waals surface area contributed by atoms with Gasteiger partial charge in [0.1, 0.15) is 17.9 Å². The highest BCUT2D eigenvalue weighted by atomic mass is 32.2. The Labute approximate surface area is 161 Å². The number of hydrogen-bond donors (Lipinski definition) is 1. The summed E-state index contributed by atoms with van der Waals surface area (Å²) in [6.07, 6.45) is 1.28. The quantitative estimate of drug-likeness (QED) is 0.289. The van der Waals surface area contributed by atoms with Crippen LogP contribution in [-0.2, 0) is 23.9 Å². The molecule has 0 bridgehead atoms. The first-order chi connectivity index (χ1) is 12.2. The Bertz CT molecular complexity index is 640. The van der Waals surface area contributed by atoms with Crippen LogP contribution in [0, 0.1) is 0 Å². The van der Waals surface area contributed by atoms with E-state index in [9.17, 15) is 9.59 Å². The number of thioether (sulfide) groups is 1. The zero-order valence-electron chi connectivity index (χ0n) is 15.6. The molecule has 0 saturated carbocycles. The summed E-state index contributed by atoms with van der Waals surface area (Å²) >= 11 is 2.70. The number of hydrogen-bond acceptors (Lipinski definition) is 10. The Hall–Kier alpha value is -1.81. The lowest BCUT2D eigenvalue weighted by Crippen LogP contribution is -2.33. The van der Waals surface area contributed by atoms with Crippen LogP contribution in [0.15, 0.2) is 10.5 Å². The molecule has 10 heteroatoms. The van der Waals surface area contributed by atoms with Gasteiger partial charge in [0.05, 0.1) is 0 Å². The molecule has 0 aliphatic rings. The standard InChI is InChI=1S/C16H25N3O5S2/c1-6-11(13(20)23-16(2,3)4)24-19-12(10-9-26-15(17)18-10)14(21)22-7-8-25-5/h9,11H,6-8H2,1-5H3,(H2,17,18). The van der Waals surface area contributed by atoms with Gasteiger partial charge in [-0.05, 0) is 33.4 Å². The molecule has 146 valence electrons. The lowest BCUT2D eigenvalue weighted by molar-refractivity contribution is -0.169. The van der Waals surface area contributed by atoms with E-state index in [4.69, 9.17) is 20.0 Å². The molecule has 0 saturated heterocycles. The minimum absolute atomic E-state index is 0.138. The Morgan fingerprint density at radius 1 is 1.42 bits per heavy atom. The van der Waals surface area contributed by atoms with Crippen molar-refractivity contribution in [2.24, 2.45) is 5.16 Å². The predicted molar refractivity (Wildman–Crippen MR) is 103 cm³/mol. The van der Waals surface area contributed by atoms with Crippen molar-refractivity contribution in [1.29, 1.82) is 0 Å². The van der Waals surface area contributed by atoms with E-state index in [0.717, 1.165) is 11.3 Å². The molecule has 26 heavy (non-hydrogen) atoms. The van der Waals surface area contributed by atoms with Crippen molar-refractivity contribution >= 4 is 45.9 Å². The van der Waals surface area contributed by atoms with E-state index >= 15 is 0 Å². The molecular formula is C16H25N3O5S2. The van der Waals surface area contributed by atoms with Gasteiger partial charge in [-0.1, -0.05) is 12.1 Å². The number of ether oxygens (including phenoxy) is 2. The van der Waals surface area contributed by atoms with E-state index in [1.54, 1.807) is 44.8 Å². The monoisotopic (exact) mass is 403 g/mol. The molecule has 1 rings (SSSR count). The summed E-state index contributed by atoms with van der Waals surface area (Å²) in [5.41, 5.74) is 5.07. The topological polar surface area (TPSA) is 113 Å². The van der Waals surface area contributed by atoms with Crippen molar-refractivity contribution in [1.82, 2.24) is 4.98 Å². The van der Waals surface area contributed by atoms with E-state index in [1.165, 1.54) is 0 Å². The van der Waals surface area contributed by atoms with Gasteiger partial charge in [-0.15, -0.1) is 11.3 Å². The Morgan fingerprint density at radius 2 is 2.12 bits per heavy atom. The molecule has 0 amide bonds. The predicted octanol–water partition coefficient (Wildman–Crippen LogP) is 2.47. The highest BCUT2D eigenvalue weighted by Gasteiger charge is 2.27. The number of thiazole rings is 1. The van der Waals surface area contributed by atoms with Crippen LogP contribution in [0.3, 0.4) is 0 Å². The third kappa shape index (κ3) is 7.61. The van der Waals surface area contributed by atoms with Crippen LogP contribution >= 0.6 is 23.1 Å². The molecule has 0 aromatic carbocycles. The van der Waals surface area contributed by atoms with Crippen LogP contribution in [0.4, 0.5) is 5.13 Å². The molecule has 1 atom stereocenters. The van der Waals surface area contributed by atoms with E-state index in [-0.39, 0.29) is 23.1 Å². The van der Waals surface area contributed by atoms with Crippen LogP contribution < -0.4 is 5.73 Å². The van der Waals surface area contributed by atoms with Crippen molar-refractivity contribution in [3.63, 3.8) is 0 Å². The molecule has 0 aliphatic heterocycles. The summed E-state index contributed by atoms with van der Waals surface area (Å²) < 4.78 is 10.4. The van der Waals surface area contributed by atoms with Gasteiger partial charge >= 0.3 is 11.9 Å². The van der Waals surface area contributed by atoms with Gasteiger partial charge in [-0.3, -0.25) is 0 Å². The third-order valence-electron chi connectivity index (χ3n) is 2.79. The molecule has 2 N–H and O–H groups in total. The Balaban J connectivity index is 2.94. The first kappa shape index (κ1) is 22.2. The summed E-state index contributed by atoms with van der Waals surface area (Å²) in [5.74, 6) is -0.603. The average Bonchev–Trinajstić information content (AvgIpc) is 2.96. The molecule has 1 heterocycles. The molecule has 0 aliphatic carbocycles. The highest BCUT2D eigenvalue weighted by Crippen LogP contribution is 2.15. The summed E-state index contributed by atoms with van der Waals surface area (Å²) in [7, 11) is 0. The van der Waals surface area contributed by atoms with Crippen molar-refractivity contribution in [3.8, 4) is 0 Å². The van der Waals surface area contributed by atoms with E-state index in [2.05, 4.69) is 10.1 Å². The van der Waals surface area contributed by atoms with E-state index < -0.39 is 23.6 Å². The lowest BCUT2D eigenvalue weighted by Gasteiger charge is -2.22. The maximum Gasteiger partial charge on any atom is 0.362 e. The van der Waals surface area contributed by atoms with Gasteiger partial charge in [-0.2, -0.15) is 11.8 Å². The molecule has 0 fully saturated rings. The average molecular weight is 404 g/mol. The van der Waals surface area contributed by atoms with Crippen LogP contribution in [0.2, 0.25) is 0 Å². The van der Waals surface area contributed by atoms with Crippen molar-refractivity contribution in [2.75, 3.05) is 24.3 Å². The van der Waals surface area contributed by atoms with Crippen LogP contribution in [0.25, 0.3) is 0 Å². The number of nitrogens with two attached hydrogens (primary N) is 1. The number of anilines is 1. The van der Waals surface area contributed by atoms with E-state index in [0.29, 0.717) is 12.2 Å². The second-order valence-electron chi connectivity index (χ2n) is 6.18. The zero-order valence-corrected chi connectivity index (χ0v) is 17.2. The van der Waals surface area contributed by atoms with Crippen molar-refractivity contribution in [3.05, 3.63) is 11.1 Å². The second-order valence-corrected chi connectivity index (χ2v) is 8.05. The van der Waals surface area contributed by atoms with E-state index in [1.807, 2.05) is 6.26 Å². The minimum Gasteiger partial charge on any atom is -0.460 e. The van der Waals surface area contributed by atoms with Gasteiger partial charge in [0.2, 0.25) is 11.8 Å². The SMILES string of the molecule is CCC(ON=C(C(=O)OCCSC)c1csc(N)n1)C(=O)OC(C)(C)C. The van der Waals surface area contributed by atoms with Gasteiger partial charge in [0, 0.05) is 11.1 Å². The summed E-state index contributed by atoms with van der Waals surface area (Å²) in [4.78, 5) is 33.8. The fraction of sp³-hybridized carbons (Fsp3) is 0.625. The Morgan fingerprint density at radius 3 is 2.62 bits per heavy atom. The van der Waals surface area contributed by atoms with Crippen molar-refractivity contribution in [2.45, 2.75) is 45.8 Å². The maximum atomic E-state index is 12.3. The van der Waals surface area contributed by atoms with Crippen LogP contribution in [0.5, 0.6) is 0 Å². The van der Waals surface area contributed by atoms with Crippen molar-refractivity contribution < 1.29 is 23.9 Å². The van der Waals surface area contributed by atoms with Gasteiger partial charge in [0.25, 0.3) is 0 Å². The fourth-order valence-corrected chi connectivity index (χ4v) is 2.44. The fourth-order valence-electron chi connectivity index (χ4n) is 1.64. The zero-order chi connectivity index (χ0) is 19.7. The number of rotatable bonds is 9. The Kier molecular flexibility index (Phi) is 8.86. The van der Waals surface area contributed by atoms with Crippen LogP contribution in [0.1, 0.15) is 39.8 Å². The largest absolute Gasteiger partial charge is 0.460 e. The van der Waals surface area contributed by atoms with Gasteiger partial charge < -0.3 is 20.0 Å². The lowest BCUT2D eigenvalue weighted by atomic mass is 10.2. The molecule has 8 nitrogen and oxygen atoms in total. The molecule has 1 aromatic rings. The first-order valence-corrected chi connectivity index (χ1v) is 10.3. The molecule has 1 unspecified atom stereocenters. The first-order valence-electron chi connectivity index (χ1n) is 8.02. The molecule has 0 radical (unpaired) electrons. The molecule has 0 spiro atoms. The molecular weight excluding hydrogens is 378 g/mol. The molecule has 1 aromatic heterocycles. The minimum atomic E-state index is -0.945. The number of nitrogen functional groups attached to an aromatic ring is 1. The maximum absolute atomic E-state index is 12.3. The number of carbonyl (C=O) groups is 2. The third-order valence-corrected chi connectivity index (χ3v) is 4.04.